The summed E-state index contributed by atoms with van der Waals surface area (Å²) < 4.78 is 26.2. The summed E-state index contributed by atoms with van der Waals surface area (Å²) in [5.41, 5.74) is 10.4. The second-order valence-electron chi connectivity index (χ2n) is 7.28. The second-order valence-corrected chi connectivity index (χ2v) is 9.30. The lowest BCUT2D eigenvalue weighted by Gasteiger charge is -2.18. The minimum absolute atomic E-state index is 0.281. The van der Waals surface area contributed by atoms with E-state index in [1.54, 1.807) is 23.1 Å². The number of urea groups is 1. The molecule has 3 aromatic rings. The molecular formula is C23H27N3O3S. The molecule has 2 amide bonds. The fraction of sp³-hybridized carbons (Fsp3) is 0.261. The van der Waals surface area contributed by atoms with Gasteiger partial charge in [0.05, 0.1) is 4.90 Å². The van der Waals surface area contributed by atoms with Crippen LogP contribution in [0.1, 0.15) is 18.2 Å². The summed E-state index contributed by atoms with van der Waals surface area (Å²) in [5, 5.41) is 0. The van der Waals surface area contributed by atoms with Gasteiger partial charge in [0.2, 0.25) is 0 Å². The number of likely N-dealkylation sites (N-methyl/N-ethyl adjacent to an activating group) is 1. The summed E-state index contributed by atoms with van der Waals surface area (Å²) in [6.07, 6.45) is 3.85. The van der Waals surface area contributed by atoms with Gasteiger partial charge in [-0.3, -0.25) is 0 Å². The Balaban J connectivity index is 2.12. The largest absolute Gasteiger partial charge is 0.351 e. The zero-order valence-electron chi connectivity index (χ0n) is 17.5. The maximum atomic E-state index is 12.1. The normalized spacial score (nSPS) is 11.4. The Kier molecular flexibility index (Phi) is 6.31. The van der Waals surface area contributed by atoms with Gasteiger partial charge in [0.15, 0.2) is 9.84 Å². The van der Waals surface area contributed by atoms with Crippen molar-refractivity contribution in [2.75, 3.05) is 19.3 Å². The van der Waals surface area contributed by atoms with Crippen molar-refractivity contribution in [2.45, 2.75) is 25.2 Å². The van der Waals surface area contributed by atoms with Crippen molar-refractivity contribution in [3.63, 3.8) is 0 Å². The van der Waals surface area contributed by atoms with Gasteiger partial charge >= 0.3 is 6.03 Å². The molecule has 7 heteroatoms. The van der Waals surface area contributed by atoms with E-state index in [0.29, 0.717) is 19.5 Å². The fourth-order valence-corrected chi connectivity index (χ4v) is 4.30. The van der Waals surface area contributed by atoms with Gasteiger partial charge in [-0.25, -0.2) is 13.2 Å². The van der Waals surface area contributed by atoms with Crippen LogP contribution in [0.25, 0.3) is 16.8 Å². The number of carbonyl (C=O) groups is 1. The number of nitrogens with two attached hydrogens (primary N) is 1. The van der Waals surface area contributed by atoms with Crippen LogP contribution in [0.3, 0.4) is 0 Å². The lowest BCUT2D eigenvalue weighted by Crippen LogP contribution is -2.37. The average molecular weight is 426 g/mol. The van der Waals surface area contributed by atoms with E-state index in [9.17, 15) is 13.2 Å². The van der Waals surface area contributed by atoms with Crippen LogP contribution in [0.4, 0.5) is 4.79 Å². The SMILES string of the molecule is CCN(CCc1c(-c2cccc(S(C)(=O)=O)c2)cn(-c2ccccc2)c1C)C(N)=O. The minimum atomic E-state index is -3.32. The number of aromatic nitrogens is 1. The number of carbonyl (C=O) groups excluding carboxylic acids is 1. The van der Waals surface area contributed by atoms with Gasteiger partial charge < -0.3 is 15.2 Å². The number of primary amides is 1. The molecule has 0 saturated heterocycles. The molecule has 158 valence electrons. The van der Waals surface area contributed by atoms with Crippen molar-refractivity contribution < 1.29 is 13.2 Å². The summed E-state index contributed by atoms with van der Waals surface area (Å²) in [6.45, 7) is 4.95. The van der Waals surface area contributed by atoms with Crippen LogP contribution in [0.5, 0.6) is 0 Å². The first-order valence-electron chi connectivity index (χ1n) is 9.83. The third kappa shape index (κ3) is 4.57. The van der Waals surface area contributed by atoms with Crippen LogP contribution in [0, 0.1) is 6.92 Å². The van der Waals surface area contributed by atoms with E-state index in [1.165, 1.54) is 6.26 Å². The highest BCUT2D eigenvalue weighted by atomic mass is 32.2. The van der Waals surface area contributed by atoms with Crippen LogP contribution in [0.15, 0.2) is 65.7 Å². The number of nitrogens with zero attached hydrogens (tertiary/aromatic N) is 2. The molecule has 2 aromatic carbocycles. The zero-order chi connectivity index (χ0) is 21.9. The monoisotopic (exact) mass is 425 g/mol. The van der Waals surface area contributed by atoms with Crippen LogP contribution in [-0.4, -0.2) is 43.3 Å². The highest BCUT2D eigenvalue weighted by Crippen LogP contribution is 2.32. The second kappa shape index (κ2) is 8.75. The Morgan fingerprint density at radius 3 is 2.40 bits per heavy atom. The zero-order valence-corrected chi connectivity index (χ0v) is 18.3. The van der Waals surface area contributed by atoms with E-state index in [2.05, 4.69) is 4.57 Å². The van der Waals surface area contributed by atoms with Gasteiger partial charge in [0.1, 0.15) is 0 Å². The maximum absolute atomic E-state index is 12.1. The highest BCUT2D eigenvalue weighted by molar-refractivity contribution is 7.90. The van der Waals surface area contributed by atoms with Crippen LogP contribution in [-0.2, 0) is 16.3 Å². The summed E-state index contributed by atoms with van der Waals surface area (Å²) in [5.74, 6) is 0. The molecule has 0 fully saturated rings. The predicted molar refractivity (Wildman–Crippen MR) is 120 cm³/mol. The molecule has 6 nitrogen and oxygen atoms in total. The molecule has 0 aliphatic heterocycles. The van der Waals surface area contributed by atoms with Gasteiger partial charge in [0, 0.05) is 42.5 Å². The first-order chi connectivity index (χ1) is 14.2. The molecule has 0 saturated carbocycles. The first-order valence-corrected chi connectivity index (χ1v) is 11.7. The highest BCUT2D eigenvalue weighted by Gasteiger charge is 2.18. The Morgan fingerprint density at radius 2 is 1.80 bits per heavy atom. The standard InChI is InChI=1S/C23H27N3O3S/c1-4-25(23(24)27)14-13-21-17(2)26(19-10-6-5-7-11-19)16-22(21)18-9-8-12-20(15-18)30(3,28)29/h5-12,15-16H,4,13-14H2,1-3H3,(H2,24,27). The molecule has 1 aromatic heterocycles. The predicted octanol–water partition coefficient (Wildman–Crippen LogP) is 3.80. The van der Waals surface area contributed by atoms with E-state index in [-0.39, 0.29) is 4.90 Å². The summed E-state index contributed by atoms with van der Waals surface area (Å²) in [4.78, 5) is 13.5. The number of para-hydroxylation sites is 1. The van der Waals surface area contributed by atoms with Crippen molar-refractivity contribution in [1.82, 2.24) is 9.47 Å². The summed E-state index contributed by atoms with van der Waals surface area (Å²) in [7, 11) is -3.32. The van der Waals surface area contributed by atoms with Crippen LogP contribution in [0.2, 0.25) is 0 Å². The Hall–Kier alpha value is -3.06. The molecule has 2 N–H and O–H groups in total. The molecule has 0 aliphatic carbocycles. The van der Waals surface area contributed by atoms with Crippen molar-refractivity contribution >= 4 is 15.9 Å². The number of hydrogen-bond donors (Lipinski definition) is 1. The lowest BCUT2D eigenvalue weighted by molar-refractivity contribution is 0.211. The number of hydrogen-bond acceptors (Lipinski definition) is 3. The van der Waals surface area contributed by atoms with E-state index >= 15 is 0 Å². The molecular weight excluding hydrogens is 398 g/mol. The third-order valence-corrected chi connectivity index (χ3v) is 6.42. The molecule has 0 atom stereocenters. The van der Waals surface area contributed by atoms with Crippen molar-refractivity contribution in [1.29, 1.82) is 0 Å². The van der Waals surface area contributed by atoms with Gasteiger partial charge in [-0.05, 0) is 55.7 Å². The van der Waals surface area contributed by atoms with E-state index in [4.69, 9.17) is 5.73 Å². The quantitative estimate of drug-likeness (QED) is 0.625. The van der Waals surface area contributed by atoms with Crippen molar-refractivity contribution in [3.05, 3.63) is 72.1 Å². The topological polar surface area (TPSA) is 85.4 Å². The van der Waals surface area contributed by atoms with Gasteiger partial charge in [-0.15, -0.1) is 0 Å². The maximum Gasteiger partial charge on any atom is 0.314 e. The molecule has 30 heavy (non-hydrogen) atoms. The molecule has 3 rings (SSSR count). The van der Waals surface area contributed by atoms with Gasteiger partial charge in [0.25, 0.3) is 0 Å². The molecule has 0 radical (unpaired) electrons. The molecule has 0 aliphatic rings. The Labute approximate surface area is 177 Å². The number of rotatable bonds is 7. The molecule has 0 bridgehead atoms. The average Bonchev–Trinajstić information content (AvgIpc) is 3.05. The third-order valence-electron chi connectivity index (χ3n) is 5.31. The van der Waals surface area contributed by atoms with Crippen LogP contribution < -0.4 is 5.73 Å². The van der Waals surface area contributed by atoms with Crippen molar-refractivity contribution in [3.8, 4) is 16.8 Å². The number of sulfone groups is 1. The Morgan fingerprint density at radius 1 is 1.10 bits per heavy atom. The van der Waals surface area contributed by atoms with Crippen LogP contribution >= 0.6 is 0 Å². The first kappa shape index (κ1) is 21.6. The molecule has 1 heterocycles. The smallest absolute Gasteiger partial charge is 0.314 e. The summed E-state index contributed by atoms with van der Waals surface area (Å²) >= 11 is 0. The van der Waals surface area contributed by atoms with Crippen molar-refractivity contribution in [2.24, 2.45) is 5.73 Å². The fourth-order valence-electron chi connectivity index (χ4n) is 3.63. The minimum Gasteiger partial charge on any atom is -0.351 e. The number of amides is 2. The number of benzene rings is 2. The van der Waals surface area contributed by atoms with Gasteiger partial charge in [-0.2, -0.15) is 0 Å². The van der Waals surface area contributed by atoms with E-state index in [1.807, 2.05) is 56.4 Å². The molecule has 0 unspecified atom stereocenters. The lowest BCUT2D eigenvalue weighted by atomic mass is 10.0. The van der Waals surface area contributed by atoms with E-state index in [0.717, 1.165) is 28.1 Å². The van der Waals surface area contributed by atoms with E-state index < -0.39 is 15.9 Å². The van der Waals surface area contributed by atoms with Gasteiger partial charge in [-0.1, -0.05) is 30.3 Å². The summed E-state index contributed by atoms with van der Waals surface area (Å²) in [6, 6.07) is 16.5. The Bertz CT molecular complexity index is 1150. The molecule has 0 spiro atoms.